The Morgan fingerprint density at radius 1 is 1.13 bits per heavy atom. The zero-order valence-electron chi connectivity index (χ0n) is 22.4. The molecular formula is C28H31N7O3S. The zero-order valence-corrected chi connectivity index (χ0v) is 23.2. The number of imidazole rings is 1. The van der Waals surface area contributed by atoms with Crippen LogP contribution in [0.4, 0.5) is 16.3 Å². The maximum Gasteiger partial charge on any atom is 0.324 e. The quantitative estimate of drug-likeness (QED) is 0.221. The molecule has 0 spiro atoms. The van der Waals surface area contributed by atoms with Gasteiger partial charge in [-0.05, 0) is 38.1 Å². The SMILES string of the molecule is CNCC1(COc2ccc3c(n2)sc2nc(-c4ccc(NC(=O)Nc5cc(C(C)(C)C)on5)cc4)cn23)CC1. The minimum absolute atomic E-state index is 0.188. The van der Waals surface area contributed by atoms with Gasteiger partial charge in [-0.3, -0.25) is 9.72 Å². The maximum absolute atomic E-state index is 12.4. The number of carbonyl (C=O) groups is 1. The van der Waals surface area contributed by atoms with Gasteiger partial charge in [0.15, 0.2) is 10.8 Å². The summed E-state index contributed by atoms with van der Waals surface area (Å²) in [5, 5.41) is 12.7. The van der Waals surface area contributed by atoms with Crippen LogP contribution in [0.15, 0.2) is 53.2 Å². The molecule has 2 amide bonds. The fourth-order valence-electron chi connectivity index (χ4n) is 4.43. The fourth-order valence-corrected chi connectivity index (χ4v) is 5.40. The first-order chi connectivity index (χ1) is 18.7. The highest BCUT2D eigenvalue weighted by molar-refractivity contribution is 7.23. The first kappa shape index (κ1) is 25.3. The Morgan fingerprint density at radius 2 is 1.92 bits per heavy atom. The minimum atomic E-state index is -0.393. The van der Waals surface area contributed by atoms with Crippen molar-refractivity contribution in [3.05, 3.63) is 54.4 Å². The molecule has 0 radical (unpaired) electrons. The van der Waals surface area contributed by atoms with E-state index < -0.39 is 6.03 Å². The number of benzene rings is 1. The van der Waals surface area contributed by atoms with E-state index in [1.54, 1.807) is 6.07 Å². The van der Waals surface area contributed by atoms with Gasteiger partial charge < -0.3 is 19.9 Å². The predicted octanol–water partition coefficient (Wildman–Crippen LogP) is 5.92. The van der Waals surface area contributed by atoms with Crippen molar-refractivity contribution in [1.82, 2.24) is 24.8 Å². The number of aromatic nitrogens is 4. The van der Waals surface area contributed by atoms with Crippen LogP contribution >= 0.6 is 11.3 Å². The van der Waals surface area contributed by atoms with Gasteiger partial charge in [-0.25, -0.2) is 14.8 Å². The van der Waals surface area contributed by atoms with Crippen LogP contribution in [0.5, 0.6) is 5.88 Å². The second-order valence-electron chi connectivity index (χ2n) is 11.2. The number of ether oxygens (including phenoxy) is 1. The highest BCUT2D eigenvalue weighted by Crippen LogP contribution is 2.45. The molecule has 1 saturated carbocycles. The normalized spacial score (nSPS) is 14.6. The largest absolute Gasteiger partial charge is 0.477 e. The molecule has 1 aromatic carbocycles. The Hall–Kier alpha value is -3.96. The molecule has 11 heteroatoms. The first-order valence-corrected chi connectivity index (χ1v) is 13.7. The van der Waals surface area contributed by atoms with Crippen molar-refractivity contribution in [2.45, 2.75) is 39.0 Å². The van der Waals surface area contributed by atoms with Gasteiger partial charge in [0.25, 0.3) is 0 Å². The smallest absolute Gasteiger partial charge is 0.324 e. The van der Waals surface area contributed by atoms with E-state index >= 15 is 0 Å². The molecule has 0 bridgehead atoms. The molecule has 1 fully saturated rings. The fraction of sp³-hybridized carbons (Fsp3) is 0.357. The number of hydrogen-bond donors (Lipinski definition) is 3. The van der Waals surface area contributed by atoms with Crippen LogP contribution in [0, 0.1) is 5.41 Å². The van der Waals surface area contributed by atoms with Crippen LogP contribution in [0.3, 0.4) is 0 Å². The average Bonchev–Trinajstić information content (AvgIpc) is 3.19. The summed E-state index contributed by atoms with van der Waals surface area (Å²) >= 11 is 1.54. The number of nitrogens with zero attached hydrogens (tertiary/aromatic N) is 4. The molecule has 39 heavy (non-hydrogen) atoms. The summed E-state index contributed by atoms with van der Waals surface area (Å²) < 4.78 is 13.4. The van der Waals surface area contributed by atoms with Gasteiger partial charge in [-0.1, -0.05) is 49.4 Å². The molecule has 0 saturated heterocycles. The van der Waals surface area contributed by atoms with Crippen LogP contribution in [0.2, 0.25) is 0 Å². The number of amides is 2. The number of pyridine rings is 1. The van der Waals surface area contributed by atoms with Crippen molar-refractivity contribution in [2.24, 2.45) is 5.41 Å². The van der Waals surface area contributed by atoms with E-state index in [1.165, 1.54) is 24.2 Å². The van der Waals surface area contributed by atoms with Crippen molar-refractivity contribution in [3.8, 4) is 17.1 Å². The van der Waals surface area contributed by atoms with Crippen LogP contribution < -0.4 is 20.7 Å². The Morgan fingerprint density at radius 3 is 2.62 bits per heavy atom. The topological polar surface area (TPSA) is 119 Å². The molecule has 1 aliphatic rings. The monoisotopic (exact) mass is 545 g/mol. The van der Waals surface area contributed by atoms with E-state index in [9.17, 15) is 4.79 Å². The Kier molecular flexibility index (Phi) is 6.27. The third-order valence-corrected chi connectivity index (χ3v) is 7.86. The van der Waals surface area contributed by atoms with E-state index in [-0.39, 0.29) is 10.8 Å². The number of fused-ring (bicyclic) bond motifs is 3. The Balaban J connectivity index is 1.11. The van der Waals surface area contributed by atoms with Gasteiger partial charge in [-0.15, -0.1) is 0 Å². The van der Waals surface area contributed by atoms with Crippen molar-refractivity contribution in [1.29, 1.82) is 0 Å². The van der Waals surface area contributed by atoms with E-state index in [0.717, 1.165) is 33.1 Å². The number of rotatable bonds is 8. The molecule has 10 nitrogen and oxygen atoms in total. The Bertz CT molecular complexity index is 1640. The highest BCUT2D eigenvalue weighted by Gasteiger charge is 2.42. The van der Waals surface area contributed by atoms with Crippen molar-refractivity contribution < 1.29 is 14.1 Å². The maximum atomic E-state index is 12.4. The number of nitrogens with one attached hydrogen (secondary N) is 3. The summed E-state index contributed by atoms with van der Waals surface area (Å²) in [6.07, 6.45) is 4.39. The second kappa shape index (κ2) is 9.65. The van der Waals surface area contributed by atoms with Crippen LogP contribution in [-0.4, -0.2) is 45.8 Å². The van der Waals surface area contributed by atoms with Gasteiger partial charge in [-0.2, -0.15) is 0 Å². The Labute approximate surface area is 229 Å². The number of urea groups is 1. The summed E-state index contributed by atoms with van der Waals surface area (Å²) in [7, 11) is 1.98. The molecule has 3 N–H and O–H groups in total. The van der Waals surface area contributed by atoms with Gasteiger partial charge in [0, 0.05) is 47.0 Å². The lowest BCUT2D eigenvalue weighted by molar-refractivity contribution is 0.225. The van der Waals surface area contributed by atoms with Gasteiger partial charge >= 0.3 is 6.03 Å². The molecule has 0 unspecified atom stereocenters. The number of thiazole rings is 1. The summed E-state index contributed by atoms with van der Waals surface area (Å²) in [4.78, 5) is 23.7. The number of hydrogen-bond acceptors (Lipinski definition) is 8. The van der Waals surface area contributed by atoms with Gasteiger partial charge in [0.05, 0.1) is 17.8 Å². The third kappa shape index (κ3) is 5.32. The predicted molar refractivity (Wildman–Crippen MR) is 153 cm³/mol. The van der Waals surface area contributed by atoms with Crippen LogP contribution in [0.25, 0.3) is 26.6 Å². The van der Waals surface area contributed by atoms with Gasteiger partial charge in [0.1, 0.15) is 10.6 Å². The van der Waals surface area contributed by atoms with Crippen molar-refractivity contribution in [2.75, 3.05) is 30.8 Å². The lowest BCUT2D eigenvalue weighted by Crippen LogP contribution is -2.25. The van der Waals surface area contributed by atoms with Crippen LogP contribution in [0.1, 0.15) is 39.4 Å². The summed E-state index contributed by atoms with van der Waals surface area (Å²) in [6, 6.07) is 12.9. The zero-order chi connectivity index (χ0) is 27.2. The molecule has 0 atom stereocenters. The highest BCUT2D eigenvalue weighted by atomic mass is 32.1. The van der Waals surface area contributed by atoms with E-state index in [2.05, 4.69) is 25.5 Å². The summed E-state index contributed by atoms with van der Waals surface area (Å²) in [6.45, 7) is 7.71. The molecule has 5 aromatic rings. The van der Waals surface area contributed by atoms with E-state index in [4.69, 9.17) is 19.2 Å². The number of anilines is 2. The second-order valence-corrected chi connectivity index (χ2v) is 12.1. The first-order valence-electron chi connectivity index (χ1n) is 12.9. The van der Waals surface area contributed by atoms with Crippen LogP contribution in [-0.2, 0) is 5.41 Å². The van der Waals surface area contributed by atoms with Gasteiger partial charge in [0.2, 0.25) is 5.88 Å². The molecule has 6 rings (SSSR count). The van der Waals surface area contributed by atoms with E-state index in [0.29, 0.717) is 29.8 Å². The molecule has 0 aliphatic heterocycles. The lowest BCUT2D eigenvalue weighted by Gasteiger charge is -2.14. The molecule has 202 valence electrons. The number of carbonyl (C=O) groups excluding carboxylic acids is 1. The summed E-state index contributed by atoms with van der Waals surface area (Å²) in [5.41, 5.74) is 3.51. The van der Waals surface area contributed by atoms with Crippen molar-refractivity contribution in [3.63, 3.8) is 0 Å². The average molecular weight is 546 g/mol. The standard InChI is InChI=1S/C28H31N7O3S/c1-27(2,3)21-13-22(34-38-21)32-25(36)30-18-7-5-17(6-8-18)19-14-35-20-9-10-23(33-24(20)39-26(35)31-19)37-16-28(11-12-28)15-29-4/h5-10,13-14,29H,11-12,15-16H2,1-4H3,(H2,30,32,34,36). The third-order valence-electron chi connectivity index (χ3n) is 6.90. The minimum Gasteiger partial charge on any atom is -0.477 e. The molecular weight excluding hydrogens is 514 g/mol. The van der Waals surface area contributed by atoms with E-state index in [1.807, 2.05) is 70.4 Å². The lowest BCUT2D eigenvalue weighted by atomic mass is 9.93. The molecule has 4 aromatic heterocycles. The molecule has 4 heterocycles. The summed E-state index contributed by atoms with van der Waals surface area (Å²) in [5.74, 6) is 1.72. The molecule has 1 aliphatic carbocycles. The van der Waals surface area contributed by atoms with Crippen molar-refractivity contribution >= 4 is 44.2 Å².